The largest absolute Gasteiger partial charge is 0.300 e. The van der Waals surface area contributed by atoms with Gasteiger partial charge in [0.25, 0.3) is 0 Å². The molecular weight excluding hydrogens is 330 g/mol. The zero-order chi connectivity index (χ0) is 15.4. The van der Waals surface area contributed by atoms with Gasteiger partial charge in [0.05, 0.1) is 15.9 Å². The molecule has 2 heterocycles. The molecule has 1 aliphatic rings. The number of hydrogen-bond donors (Lipinski definition) is 0. The van der Waals surface area contributed by atoms with Crippen LogP contribution in [0.15, 0.2) is 4.47 Å². The number of nitrogens with zero attached hydrogens (tertiary/aromatic N) is 3. The minimum Gasteiger partial charge on any atom is -0.300 e. The monoisotopic (exact) mass is 355 g/mol. The second-order valence-electron chi connectivity index (χ2n) is 5.90. The first-order chi connectivity index (χ1) is 10.1. The Morgan fingerprint density at radius 1 is 1.38 bits per heavy atom. The lowest BCUT2D eigenvalue weighted by atomic mass is 9.97. The molecule has 0 N–H and O–H groups in total. The van der Waals surface area contributed by atoms with Crippen molar-refractivity contribution in [1.29, 1.82) is 0 Å². The van der Waals surface area contributed by atoms with E-state index in [4.69, 9.17) is 0 Å². The zero-order valence-corrected chi connectivity index (χ0v) is 14.9. The number of hydrogen-bond acceptors (Lipinski definition) is 3. The van der Waals surface area contributed by atoms with Crippen molar-refractivity contribution in [2.24, 2.45) is 0 Å². The summed E-state index contributed by atoms with van der Waals surface area (Å²) in [6, 6.07) is 0.397. The fourth-order valence-electron chi connectivity index (χ4n) is 3.19. The molecule has 1 aromatic rings. The second-order valence-corrected chi connectivity index (χ2v) is 6.70. The van der Waals surface area contributed by atoms with E-state index in [1.165, 1.54) is 18.5 Å². The first kappa shape index (κ1) is 16.7. The summed E-state index contributed by atoms with van der Waals surface area (Å²) in [5.74, 6) is 0.296. The Morgan fingerprint density at radius 3 is 2.76 bits per heavy atom. The third-order valence-electron chi connectivity index (χ3n) is 4.32. The third-order valence-corrected chi connectivity index (χ3v) is 5.23. The molecule has 1 aromatic heterocycles. The van der Waals surface area contributed by atoms with Crippen molar-refractivity contribution >= 4 is 21.7 Å². The molecule has 1 unspecified atom stereocenters. The Morgan fingerprint density at radius 2 is 2.14 bits per heavy atom. The molecule has 0 aromatic carbocycles. The number of likely N-dealkylation sites (tertiary alicyclic amines) is 1. The fraction of sp³-hybridized carbons (Fsp3) is 0.750. The number of aryl methyl sites for hydroxylation is 2. The van der Waals surface area contributed by atoms with Crippen LogP contribution in [0.4, 0.5) is 0 Å². The number of rotatable bonds is 6. The summed E-state index contributed by atoms with van der Waals surface area (Å²) in [7, 11) is 0. The van der Waals surface area contributed by atoms with Crippen LogP contribution in [0.5, 0.6) is 0 Å². The normalized spacial score (nSPS) is 19.9. The number of aromatic nitrogens is 2. The van der Waals surface area contributed by atoms with Gasteiger partial charge in [-0.1, -0.05) is 13.3 Å². The highest BCUT2D eigenvalue weighted by atomic mass is 79.9. The molecule has 0 aliphatic carbocycles. The van der Waals surface area contributed by atoms with E-state index in [9.17, 15) is 4.79 Å². The van der Waals surface area contributed by atoms with E-state index in [2.05, 4.69) is 44.5 Å². The van der Waals surface area contributed by atoms with Gasteiger partial charge in [-0.3, -0.25) is 14.4 Å². The van der Waals surface area contributed by atoms with Crippen molar-refractivity contribution in [2.45, 2.75) is 72.0 Å². The molecule has 0 bridgehead atoms. The quantitative estimate of drug-likeness (QED) is 0.782. The number of ketones is 1. The Bertz CT molecular complexity index is 498. The minimum atomic E-state index is 0.296. The predicted molar refractivity (Wildman–Crippen MR) is 88.3 cm³/mol. The van der Waals surface area contributed by atoms with E-state index in [-0.39, 0.29) is 0 Å². The maximum atomic E-state index is 11.5. The van der Waals surface area contributed by atoms with Gasteiger partial charge < -0.3 is 0 Å². The molecule has 1 aliphatic heterocycles. The van der Waals surface area contributed by atoms with Crippen molar-refractivity contribution in [1.82, 2.24) is 14.7 Å². The summed E-state index contributed by atoms with van der Waals surface area (Å²) in [5, 5.41) is 4.67. The number of carbonyl (C=O) groups excluding carboxylic acids is 1. The Balaban J connectivity index is 2.18. The maximum absolute atomic E-state index is 11.5. The molecule has 1 saturated heterocycles. The first-order valence-corrected chi connectivity index (χ1v) is 8.83. The average Bonchev–Trinajstić information content (AvgIpc) is 2.77. The van der Waals surface area contributed by atoms with Gasteiger partial charge in [-0.2, -0.15) is 5.10 Å². The number of carbonyl (C=O) groups is 1. The van der Waals surface area contributed by atoms with Crippen molar-refractivity contribution in [3.05, 3.63) is 15.9 Å². The average molecular weight is 356 g/mol. The van der Waals surface area contributed by atoms with Gasteiger partial charge in [0.15, 0.2) is 0 Å². The van der Waals surface area contributed by atoms with Gasteiger partial charge in [-0.15, -0.1) is 0 Å². The third kappa shape index (κ3) is 3.95. The van der Waals surface area contributed by atoms with Crippen molar-refractivity contribution in [3.8, 4) is 0 Å². The molecule has 21 heavy (non-hydrogen) atoms. The number of piperidine rings is 1. The Hall–Kier alpha value is -0.680. The van der Waals surface area contributed by atoms with Crippen LogP contribution in [-0.2, 0) is 24.3 Å². The standard InChI is InChI=1S/C16H26BrN3O/c1-4-14-16(17)15(20(5-2)18-14)11-19-9-7-6-8-13(19)10-12(3)21/h13H,4-11H2,1-3H3. The molecule has 1 atom stereocenters. The van der Waals surface area contributed by atoms with Crippen LogP contribution in [0, 0.1) is 0 Å². The Labute approximate surface area is 136 Å². The van der Waals surface area contributed by atoms with Crippen molar-refractivity contribution < 1.29 is 4.79 Å². The highest BCUT2D eigenvalue weighted by Gasteiger charge is 2.26. The van der Waals surface area contributed by atoms with Crippen molar-refractivity contribution in [3.63, 3.8) is 0 Å². The molecule has 118 valence electrons. The summed E-state index contributed by atoms with van der Waals surface area (Å²) in [6.07, 6.45) is 5.23. The van der Waals surface area contributed by atoms with E-state index < -0.39 is 0 Å². The maximum Gasteiger partial charge on any atom is 0.131 e. The van der Waals surface area contributed by atoms with Crippen LogP contribution in [0.3, 0.4) is 0 Å². The molecule has 0 radical (unpaired) electrons. The molecule has 0 saturated carbocycles. The molecule has 5 heteroatoms. The topological polar surface area (TPSA) is 38.1 Å². The SMILES string of the molecule is CCc1nn(CC)c(CN2CCCCC2CC(C)=O)c1Br. The highest BCUT2D eigenvalue weighted by Crippen LogP contribution is 2.27. The molecule has 2 rings (SSSR count). The summed E-state index contributed by atoms with van der Waals surface area (Å²) in [4.78, 5) is 14.0. The molecular formula is C16H26BrN3O. The molecule has 1 fully saturated rings. The van der Waals surface area contributed by atoms with Crippen LogP contribution in [-0.4, -0.2) is 33.1 Å². The van der Waals surface area contributed by atoms with Gasteiger partial charge in [0.2, 0.25) is 0 Å². The van der Waals surface area contributed by atoms with E-state index in [0.29, 0.717) is 18.2 Å². The fourth-order valence-corrected chi connectivity index (χ4v) is 3.88. The summed E-state index contributed by atoms with van der Waals surface area (Å²) in [6.45, 7) is 8.83. The molecule has 0 spiro atoms. The van der Waals surface area contributed by atoms with Gasteiger partial charge >= 0.3 is 0 Å². The van der Waals surface area contributed by atoms with Crippen LogP contribution in [0.25, 0.3) is 0 Å². The van der Waals surface area contributed by atoms with Gasteiger partial charge in [-0.05, 0) is 55.6 Å². The second kappa shape index (κ2) is 7.54. The van der Waals surface area contributed by atoms with Crippen LogP contribution < -0.4 is 0 Å². The number of Topliss-reactive ketones (excluding diaryl/α,β-unsaturated/α-hetero) is 1. The van der Waals surface area contributed by atoms with Crippen LogP contribution in [0.1, 0.15) is 57.8 Å². The highest BCUT2D eigenvalue weighted by molar-refractivity contribution is 9.10. The minimum absolute atomic E-state index is 0.296. The lowest BCUT2D eigenvalue weighted by Gasteiger charge is -2.35. The lowest BCUT2D eigenvalue weighted by Crippen LogP contribution is -2.40. The molecule has 4 nitrogen and oxygen atoms in total. The van der Waals surface area contributed by atoms with Gasteiger partial charge in [0.1, 0.15) is 5.78 Å². The van der Waals surface area contributed by atoms with E-state index in [1.807, 2.05) is 0 Å². The number of halogens is 1. The van der Waals surface area contributed by atoms with Crippen molar-refractivity contribution in [2.75, 3.05) is 6.54 Å². The lowest BCUT2D eigenvalue weighted by molar-refractivity contribution is -0.118. The summed E-state index contributed by atoms with van der Waals surface area (Å²) < 4.78 is 3.25. The van der Waals surface area contributed by atoms with Gasteiger partial charge in [0, 0.05) is 25.6 Å². The van der Waals surface area contributed by atoms with E-state index in [1.54, 1.807) is 6.92 Å². The van der Waals surface area contributed by atoms with E-state index in [0.717, 1.165) is 42.6 Å². The molecule has 0 amide bonds. The Kier molecular flexibility index (Phi) is 5.99. The smallest absolute Gasteiger partial charge is 0.131 e. The summed E-state index contributed by atoms with van der Waals surface area (Å²) in [5.41, 5.74) is 2.39. The van der Waals surface area contributed by atoms with Crippen LogP contribution in [0.2, 0.25) is 0 Å². The van der Waals surface area contributed by atoms with E-state index >= 15 is 0 Å². The van der Waals surface area contributed by atoms with Gasteiger partial charge in [-0.25, -0.2) is 0 Å². The van der Waals surface area contributed by atoms with Crippen LogP contribution >= 0.6 is 15.9 Å². The first-order valence-electron chi connectivity index (χ1n) is 8.04. The summed E-state index contributed by atoms with van der Waals surface area (Å²) >= 11 is 3.72. The predicted octanol–water partition coefficient (Wildman–Crippen LogP) is 3.56. The zero-order valence-electron chi connectivity index (χ0n) is 13.4.